The molecule has 120 valence electrons. The maximum Gasteiger partial charge on any atom is 0.319 e. The molecule has 3 amide bonds. The molecule has 5 nitrogen and oxygen atoms in total. The van der Waals surface area contributed by atoms with Gasteiger partial charge in [-0.25, -0.2) is 9.18 Å². The Kier molecular flexibility index (Phi) is 5.30. The highest BCUT2D eigenvalue weighted by molar-refractivity contribution is 5.92. The number of carbonyl (C=O) groups excluding carboxylic acids is 2. The number of nitrogens with one attached hydrogen (secondary N) is 3. The normalized spacial score (nSPS) is 10.0. The van der Waals surface area contributed by atoms with Crippen LogP contribution < -0.4 is 16.0 Å². The number of hydrogen-bond acceptors (Lipinski definition) is 2. The van der Waals surface area contributed by atoms with Crippen molar-refractivity contribution in [2.75, 3.05) is 10.6 Å². The number of benzene rings is 2. The van der Waals surface area contributed by atoms with E-state index in [1.54, 1.807) is 0 Å². The van der Waals surface area contributed by atoms with Crippen molar-refractivity contribution < 1.29 is 14.0 Å². The lowest BCUT2D eigenvalue weighted by molar-refractivity contribution is -0.114. The lowest BCUT2D eigenvalue weighted by Gasteiger charge is -2.10. The Morgan fingerprint density at radius 1 is 1.04 bits per heavy atom. The van der Waals surface area contributed by atoms with E-state index in [0.717, 1.165) is 11.1 Å². The summed E-state index contributed by atoms with van der Waals surface area (Å²) in [6, 6.07) is 11.4. The molecule has 2 aromatic rings. The summed E-state index contributed by atoms with van der Waals surface area (Å²) in [5, 5.41) is 7.67. The number of rotatable bonds is 4. The van der Waals surface area contributed by atoms with Crippen LogP contribution in [0.5, 0.6) is 0 Å². The SMILES string of the molecule is CC(=O)Nc1cc(NC(=O)NCc2ccc(C)cc2)ccc1F. The molecule has 0 saturated carbocycles. The Balaban J connectivity index is 1.94. The minimum absolute atomic E-state index is 0.0221. The van der Waals surface area contributed by atoms with Gasteiger partial charge < -0.3 is 16.0 Å². The molecule has 0 fully saturated rings. The zero-order chi connectivity index (χ0) is 16.8. The number of hydrogen-bond donors (Lipinski definition) is 3. The summed E-state index contributed by atoms with van der Waals surface area (Å²) < 4.78 is 13.5. The molecule has 2 rings (SSSR count). The molecule has 0 aliphatic rings. The van der Waals surface area contributed by atoms with Gasteiger partial charge in [0.1, 0.15) is 5.82 Å². The summed E-state index contributed by atoms with van der Waals surface area (Å²) in [6.07, 6.45) is 0. The minimum atomic E-state index is -0.564. The van der Waals surface area contributed by atoms with Crippen molar-refractivity contribution in [2.24, 2.45) is 0 Å². The summed E-state index contributed by atoms with van der Waals surface area (Å²) in [4.78, 5) is 22.9. The topological polar surface area (TPSA) is 70.2 Å². The predicted octanol–water partition coefficient (Wildman–Crippen LogP) is 3.41. The molecular formula is C17H18FN3O2. The molecule has 0 aromatic heterocycles. The van der Waals surface area contributed by atoms with Gasteiger partial charge in [0.2, 0.25) is 5.91 Å². The van der Waals surface area contributed by atoms with Crippen LogP contribution in [0.1, 0.15) is 18.1 Å². The summed E-state index contributed by atoms with van der Waals surface area (Å²) in [5.41, 5.74) is 2.53. The van der Waals surface area contributed by atoms with Gasteiger partial charge in [0.15, 0.2) is 0 Å². The van der Waals surface area contributed by atoms with E-state index in [2.05, 4.69) is 16.0 Å². The monoisotopic (exact) mass is 315 g/mol. The summed E-state index contributed by atoms with van der Waals surface area (Å²) >= 11 is 0. The Bertz CT molecular complexity index is 714. The second-order valence-corrected chi connectivity index (χ2v) is 5.17. The molecule has 3 N–H and O–H groups in total. The van der Waals surface area contributed by atoms with Crippen LogP contribution in [-0.2, 0) is 11.3 Å². The molecule has 0 unspecified atom stereocenters. The molecule has 6 heteroatoms. The van der Waals surface area contributed by atoms with E-state index in [-0.39, 0.29) is 11.6 Å². The first kappa shape index (κ1) is 16.5. The van der Waals surface area contributed by atoms with Gasteiger partial charge in [-0.3, -0.25) is 4.79 Å². The average Bonchev–Trinajstić information content (AvgIpc) is 2.49. The fourth-order valence-corrected chi connectivity index (χ4v) is 1.95. The molecular weight excluding hydrogens is 297 g/mol. The van der Waals surface area contributed by atoms with Crippen LogP contribution in [0.2, 0.25) is 0 Å². The van der Waals surface area contributed by atoms with Crippen molar-refractivity contribution in [3.63, 3.8) is 0 Å². The summed E-state index contributed by atoms with van der Waals surface area (Å²) in [5.74, 6) is -0.948. The molecule has 0 heterocycles. The van der Waals surface area contributed by atoms with Gasteiger partial charge in [-0.2, -0.15) is 0 Å². The van der Waals surface area contributed by atoms with Crippen molar-refractivity contribution in [3.8, 4) is 0 Å². The number of halogens is 1. The Labute approximate surface area is 133 Å². The van der Waals surface area contributed by atoms with Gasteiger partial charge in [-0.05, 0) is 30.7 Å². The third-order valence-corrected chi connectivity index (χ3v) is 3.11. The van der Waals surface area contributed by atoms with Crippen molar-refractivity contribution in [1.29, 1.82) is 0 Å². The van der Waals surface area contributed by atoms with Crippen LogP contribution in [-0.4, -0.2) is 11.9 Å². The molecule has 0 radical (unpaired) electrons. The van der Waals surface area contributed by atoms with Crippen LogP contribution in [0.15, 0.2) is 42.5 Å². The maximum absolute atomic E-state index is 13.5. The first-order chi connectivity index (χ1) is 10.9. The van der Waals surface area contributed by atoms with Crippen molar-refractivity contribution >= 4 is 23.3 Å². The van der Waals surface area contributed by atoms with Crippen molar-refractivity contribution in [3.05, 3.63) is 59.4 Å². The number of amides is 3. The Morgan fingerprint density at radius 2 is 1.74 bits per heavy atom. The largest absolute Gasteiger partial charge is 0.334 e. The quantitative estimate of drug-likeness (QED) is 0.809. The van der Waals surface area contributed by atoms with Gasteiger partial charge in [-0.1, -0.05) is 29.8 Å². The van der Waals surface area contributed by atoms with E-state index in [9.17, 15) is 14.0 Å². The van der Waals surface area contributed by atoms with E-state index in [0.29, 0.717) is 12.2 Å². The lowest BCUT2D eigenvalue weighted by atomic mass is 10.1. The zero-order valence-electron chi connectivity index (χ0n) is 12.9. The van der Waals surface area contributed by atoms with E-state index >= 15 is 0 Å². The predicted molar refractivity (Wildman–Crippen MR) is 87.7 cm³/mol. The van der Waals surface area contributed by atoms with E-state index < -0.39 is 11.8 Å². The Morgan fingerprint density at radius 3 is 2.39 bits per heavy atom. The molecule has 0 aliphatic heterocycles. The van der Waals surface area contributed by atoms with Gasteiger partial charge >= 0.3 is 6.03 Å². The first-order valence-electron chi connectivity index (χ1n) is 7.11. The van der Waals surface area contributed by atoms with E-state index in [1.807, 2.05) is 31.2 Å². The van der Waals surface area contributed by atoms with Crippen LogP contribution in [0.3, 0.4) is 0 Å². The molecule has 23 heavy (non-hydrogen) atoms. The van der Waals surface area contributed by atoms with Gasteiger partial charge in [0, 0.05) is 19.2 Å². The van der Waals surface area contributed by atoms with Gasteiger partial charge in [-0.15, -0.1) is 0 Å². The van der Waals surface area contributed by atoms with E-state index in [4.69, 9.17) is 0 Å². The van der Waals surface area contributed by atoms with Crippen LogP contribution in [0.4, 0.5) is 20.6 Å². The molecule has 0 atom stereocenters. The summed E-state index contributed by atoms with van der Waals surface area (Å²) in [6.45, 7) is 3.66. The van der Waals surface area contributed by atoms with E-state index in [1.165, 1.54) is 25.1 Å². The number of urea groups is 1. The van der Waals surface area contributed by atoms with Crippen LogP contribution >= 0.6 is 0 Å². The fraction of sp³-hybridized carbons (Fsp3) is 0.176. The average molecular weight is 315 g/mol. The number of aryl methyl sites for hydroxylation is 1. The highest BCUT2D eigenvalue weighted by Gasteiger charge is 2.07. The minimum Gasteiger partial charge on any atom is -0.334 e. The third-order valence-electron chi connectivity index (χ3n) is 3.11. The van der Waals surface area contributed by atoms with Crippen molar-refractivity contribution in [2.45, 2.75) is 20.4 Å². The lowest BCUT2D eigenvalue weighted by Crippen LogP contribution is -2.28. The second kappa shape index (κ2) is 7.40. The highest BCUT2D eigenvalue weighted by atomic mass is 19.1. The molecule has 0 saturated heterocycles. The van der Waals surface area contributed by atoms with Gasteiger partial charge in [0.25, 0.3) is 0 Å². The highest BCUT2D eigenvalue weighted by Crippen LogP contribution is 2.19. The second-order valence-electron chi connectivity index (χ2n) is 5.17. The smallest absolute Gasteiger partial charge is 0.319 e. The number of anilines is 2. The molecule has 0 bridgehead atoms. The van der Waals surface area contributed by atoms with Crippen molar-refractivity contribution in [1.82, 2.24) is 5.32 Å². The van der Waals surface area contributed by atoms with Crippen LogP contribution in [0.25, 0.3) is 0 Å². The fourth-order valence-electron chi connectivity index (χ4n) is 1.95. The molecule has 0 spiro atoms. The number of carbonyl (C=O) groups is 2. The Hall–Kier alpha value is -2.89. The summed E-state index contributed by atoms with van der Waals surface area (Å²) in [7, 11) is 0. The molecule has 2 aromatic carbocycles. The maximum atomic E-state index is 13.5. The van der Waals surface area contributed by atoms with Crippen LogP contribution in [0, 0.1) is 12.7 Å². The standard InChI is InChI=1S/C17H18FN3O2/c1-11-3-5-13(6-4-11)10-19-17(23)21-14-7-8-15(18)16(9-14)20-12(2)22/h3-9H,10H2,1-2H3,(H,20,22)(H2,19,21,23). The third kappa shape index (κ3) is 5.10. The van der Waals surface area contributed by atoms with Gasteiger partial charge in [0.05, 0.1) is 5.69 Å². The first-order valence-corrected chi connectivity index (χ1v) is 7.11. The zero-order valence-corrected chi connectivity index (χ0v) is 12.9. The molecule has 0 aliphatic carbocycles.